The number of thiocarbonyl (C=S) groups is 1. The molecular weight excluding hydrogens is 196 g/mol. The lowest BCUT2D eigenvalue weighted by atomic mass is 10.1. The van der Waals surface area contributed by atoms with Gasteiger partial charge < -0.3 is 10.5 Å². The van der Waals surface area contributed by atoms with Crippen LogP contribution in [0.2, 0.25) is 0 Å². The first-order valence-electron chi connectivity index (χ1n) is 5.27. The topological polar surface area (TPSA) is 38.5 Å². The molecule has 1 aliphatic heterocycles. The highest BCUT2D eigenvalue weighted by atomic mass is 32.1. The Morgan fingerprint density at radius 2 is 2.43 bits per heavy atom. The number of nitrogens with zero attached hydrogens (tertiary/aromatic N) is 1. The zero-order valence-electron chi connectivity index (χ0n) is 9.03. The largest absolute Gasteiger partial charge is 0.393 e. The number of rotatable bonds is 4. The van der Waals surface area contributed by atoms with Crippen molar-refractivity contribution in [2.45, 2.75) is 38.8 Å². The molecule has 0 radical (unpaired) electrons. The third-order valence-corrected chi connectivity index (χ3v) is 2.91. The van der Waals surface area contributed by atoms with E-state index >= 15 is 0 Å². The average molecular weight is 216 g/mol. The number of morpholine rings is 1. The smallest absolute Gasteiger partial charge is 0.0742 e. The molecule has 0 aliphatic carbocycles. The van der Waals surface area contributed by atoms with Crippen LogP contribution in [0.25, 0.3) is 0 Å². The fourth-order valence-electron chi connectivity index (χ4n) is 1.81. The summed E-state index contributed by atoms with van der Waals surface area (Å²) in [6, 6.07) is 0.449. The molecule has 1 aliphatic rings. The van der Waals surface area contributed by atoms with Crippen molar-refractivity contribution in [3.8, 4) is 0 Å². The van der Waals surface area contributed by atoms with Crippen molar-refractivity contribution < 1.29 is 4.74 Å². The quantitative estimate of drug-likeness (QED) is 0.716. The van der Waals surface area contributed by atoms with Gasteiger partial charge in [-0.15, -0.1) is 0 Å². The van der Waals surface area contributed by atoms with Gasteiger partial charge in [0.15, 0.2) is 0 Å². The number of hydrogen-bond acceptors (Lipinski definition) is 3. The van der Waals surface area contributed by atoms with Crippen molar-refractivity contribution in [3.05, 3.63) is 0 Å². The Balaban J connectivity index is 2.38. The summed E-state index contributed by atoms with van der Waals surface area (Å²) in [5.74, 6) is 0. The Kier molecular flexibility index (Phi) is 4.78. The fourth-order valence-corrected chi connectivity index (χ4v) is 2.05. The minimum absolute atomic E-state index is 0.387. The standard InChI is InChI=1S/C10H20N2OS/c1-3-9-7-12(4-5-13-9)8(2)6-10(11)14/h8-9H,3-7H2,1-2H3,(H2,11,14). The van der Waals surface area contributed by atoms with Gasteiger partial charge in [-0.1, -0.05) is 19.1 Å². The normalized spacial score (nSPS) is 26.0. The highest BCUT2D eigenvalue weighted by Gasteiger charge is 2.22. The molecule has 2 N–H and O–H groups in total. The lowest BCUT2D eigenvalue weighted by Gasteiger charge is -2.36. The van der Waals surface area contributed by atoms with E-state index in [0.717, 1.165) is 32.5 Å². The van der Waals surface area contributed by atoms with Gasteiger partial charge in [-0.25, -0.2) is 0 Å². The van der Waals surface area contributed by atoms with Crippen LogP contribution in [0, 0.1) is 0 Å². The van der Waals surface area contributed by atoms with E-state index in [1.807, 2.05) is 0 Å². The third-order valence-electron chi connectivity index (χ3n) is 2.75. The average Bonchev–Trinajstić information content (AvgIpc) is 2.17. The Hall–Kier alpha value is -0.190. The molecule has 82 valence electrons. The Morgan fingerprint density at radius 1 is 1.71 bits per heavy atom. The lowest BCUT2D eigenvalue weighted by Crippen LogP contribution is -2.47. The minimum Gasteiger partial charge on any atom is -0.393 e. The Bertz CT molecular complexity index is 199. The molecule has 1 fully saturated rings. The van der Waals surface area contributed by atoms with Gasteiger partial charge in [0.2, 0.25) is 0 Å². The number of hydrogen-bond donors (Lipinski definition) is 1. The molecule has 4 heteroatoms. The first kappa shape index (κ1) is 11.9. The molecule has 2 atom stereocenters. The van der Waals surface area contributed by atoms with E-state index in [2.05, 4.69) is 18.7 Å². The van der Waals surface area contributed by atoms with E-state index in [4.69, 9.17) is 22.7 Å². The highest BCUT2D eigenvalue weighted by molar-refractivity contribution is 7.80. The van der Waals surface area contributed by atoms with Gasteiger partial charge in [-0.2, -0.15) is 0 Å². The van der Waals surface area contributed by atoms with Crippen molar-refractivity contribution in [3.63, 3.8) is 0 Å². The Labute approximate surface area is 91.6 Å². The fraction of sp³-hybridized carbons (Fsp3) is 0.900. The van der Waals surface area contributed by atoms with E-state index in [9.17, 15) is 0 Å². The van der Waals surface area contributed by atoms with Crippen LogP contribution in [0.15, 0.2) is 0 Å². The van der Waals surface area contributed by atoms with Gasteiger partial charge in [0.25, 0.3) is 0 Å². The monoisotopic (exact) mass is 216 g/mol. The van der Waals surface area contributed by atoms with Crippen LogP contribution in [0.1, 0.15) is 26.7 Å². The lowest BCUT2D eigenvalue weighted by molar-refractivity contribution is -0.0410. The molecular formula is C10H20N2OS. The molecule has 0 amide bonds. The molecule has 0 saturated carbocycles. The number of nitrogens with two attached hydrogens (primary N) is 1. The van der Waals surface area contributed by atoms with E-state index < -0.39 is 0 Å². The maximum atomic E-state index is 5.61. The van der Waals surface area contributed by atoms with Gasteiger partial charge in [0.1, 0.15) is 0 Å². The van der Waals surface area contributed by atoms with Crippen molar-refractivity contribution in [2.75, 3.05) is 19.7 Å². The van der Waals surface area contributed by atoms with Crippen LogP contribution in [0.3, 0.4) is 0 Å². The van der Waals surface area contributed by atoms with Crippen LogP contribution in [0.4, 0.5) is 0 Å². The van der Waals surface area contributed by atoms with Crippen molar-refractivity contribution in [1.82, 2.24) is 4.90 Å². The summed E-state index contributed by atoms with van der Waals surface area (Å²) in [7, 11) is 0. The molecule has 1 rings (SSSR count). The van der Waals surface area contributed by atoms with Gasteiger partial charge in [0.05, 0.1) is 17.7 Å². The van der Waals surface area contributed by atoms with Crippen LogP contribution < -0.4 is 5.73 Å². The zero-order chi connectivity index (χ0) is 10.6. The zero-order valence-corrected chi connectivity index (χ0v) is 9.85. The molecule has 0 spiro atoms. The summed E-state index contributed by atoms with van der Waals surface area (Å²) in [6.45, 7) is 7.18. The first-order valence-corrected chi connectivity index (χ1v) is 5.68. The predicted molar refractivity (Wildman–Crippen MR) is 62.5 cm³/mol. The maximum absolute atomic E-state index is 5.61. The van der Waals surface area contributed by atoms with Gasteiger partial charge in [0, 0.05) is 25.6 Å². The summed E-state index contributed by atoms with van der Waals surface area (Å²) in [4.78, 5) is 3.02. The molecule has 3 nitrogen and oxygen atoms in total. The minimum atomic E-state index is 0.387. The van der Waals surface area contributed by atoms with Crippen LogP contribution in [-0.4, -0.2) is 41.7 Å². The third kappa shape index (κ3) is 3.52. The summed E-state index contributed by atoms with van der Waals surface area (Å²) < 4.78 is 5.61. The van der Waals surface area contributed by atoms with E-state index in [1.165, 1.54) is 0 Å². The van der Waals surface area contributed by atoms with E-state index in [0.29, 0.717) is 17.1 Å². The van der Waals surface area contributed by atoms with Crippen LogP contribution in [-0.2, 0) is 4.74 Å². The SMILES string of the molecule is CCC1CN(C(C)CC(N)=S)CCO1. The molecule has 2 unspecified atom stereocenters. The van der Waals surface area contributed by atoms with Crippen LogP contribution in [0.5, 0.6) is 0 Å². The van der Waals surface area contributed by atoms with Gasteiger partial charge >= 0.3 is 0 Å². The van der Waals surface area contributed by atoms with Crippen molar-refractivity contribution in [1.29, 1.82) is 0 Å². The van der Waals surface area contributed by atoms with Gasteiger partial charge in [-0.3, -0.25) is 4.90 Å². The van der Waals surface area contributed by atoms with Crippen molar-refractivity contribution >= 4 is 17.2 Å². The molecule has 0 aromatic rings. The highest BCUT2D eigenvalue weighted by Crippen LogP contribution is 2.13. The molecule has 14 heavy (non-hydrogen) atoms. The molecule has 0 aromatic carbocycles. The first-order chi connectivity index (χ1) is 6.63. The van der Waals surface area contributed by atoms with Crippen molar-refractivity contribution in [2.24, 2.45) is 5.73 Å². The van der Waals surface area contributed by atoms with Crippen LogP contribution >= 0.6 is 12.2 Å². The maximum Gasteiger partial charge on any atom is 0.0742 e. The van der Waals surface area contributed by atoms with E-state index in [-0.39, 0.29) is 0 Å². The summed E-state index contributed by atoms with van der Waals surface area (Å²) in [6.07, 6.45) is 2.28. The van der Waals surface area contributed by atoms with E-state index in [1.54, 1.807) is 0 Å². The Morgan fingerprint density at radius 3 is 3.00 bits per heavy atom. The second-order valence-corrected chi connectivity index (χ2v) is 4.44. The summed E-state index contributed by atoms with van der Waals surface area (Å²) in [5, 5.41) is 0. The molecule has 0 bridgehead atoms. The second-order valence-electron chi connectivity index (χ2n) is 3.92. The van der Waals surface area contributed by atoms with Gasteiger partial charge in [-0.05, 0) is 13.3 Å². The molecule has 0 aromatic heterocycles. The number of ether oxygens (including phenoxy) is 1. The molecule has 1 saturated heterocycles. The molecule has 1 heterocycles. The predicted octanol–water partition coefficient (Wildman–Crippen LogP) is 1.16. The summed E-state index contributed by atoms with van der Waals surface area (Å²) >= 11 is 4.92. The summed E-state index contributed by atoms with van der Waals surface area (Å²) in [5.41, 5.74) is 5.54. The second kappa shape index (κ2) is 5.63.